The van der Waals surface area contributed by atoms with E-state index in [9.17, 15) is 0 Å². The Morgan fingerprint density at radius 2 is 0.879 bits per heavy atom. The summed E-state index contributed by atoms with van der Waals surface area (Å²) >= 11 is 0. The van der Waals surface area contributed by atoms with Crippen molar-refractivity contribution in [1.82, 2.24) is 19.5 Å². The molecule has 4 nitrogen and oxygen atoms in total. The minimum atomic E-state index is -0.152. The molecule has 0 spiro atoms. The van der Waals surface area contributed by atoms with E-state index in [0.29, 0.717) is 17.5 Å². The first kappa shape index (κ1) is 32.8. The molecule has 0 aliphatic heterocycles. The van der Waals surface area contributed by atoms with Crippen molar-refractivity contribution < 1.29 is 0 Å². The largest absolute Gasteiger partial charge is 0.309 e. The number of aromatic nitrogens is 4. The summed E-state index contributed by atoms with van der Waals surface area (Å²) in [5.41, 5.74) is 11.5. The van der Waals surface area contributed by atoms with E-state index in [1.165, 1.54) is 65.5 Å². The van der Waals surface area contributed by atoms with Crippen LogP contribution in [0.25, 0.3) is 105 Å². The van der Waals surface area contributed by atoms with Crippen LogP contribution < -0.4 is 0 Å². The molecule has 0 unspecified atom stereocenters. The molecule has 272 valence electrons. The van der Waals surface area contributed by atoms with E-state index in [-0.39, 0.29) is 5.41 Å². The number of rotatable bonds is 4. The van der Waals surface area contributed by atoms with Crippen molar-refractivity contribution in [3.8, 4) is 51.0 Å². The third kappa shape index (κ3) is 4.72. The second-order valence-corrected chi connectivity index (χ2v) is 16.0. The molecule has 0 N–H and O–H groups in total. The molecule has 11 aromatic rings. The maximum atomic E-state index is 5.25. The van der Waals surface area contributed by atoms with Gasteiger partial charge in [-0.25, -0.2) is 15.0 Å². The fourth-order valence-corrected chi connectivity index (χ4v) is 9.68. The van der Waals surface area contributed by atoms with Crippen molar-refractivity contribution in [3.05, 3.63) is 193 Å². The summed E-state index contributed by atoms with van der Waals surface area (Å²) in [4.78, 5) is 15.6. The SMILES string of the molecule is CC1(C)c2ccccc2-c2cc3c4ccccc4n(-c4cc(-c5nc(-c6ccccc6)nc(-c6ccccc6)n5)cc5c6ccccc6c6ccccc6c45)c3cc21. The number of hydrogen-bond acceptors (Lipinski definition) is 3. The third-order valence-corrected chi connectivity index (χ3v) is 12.4. The lowest BCUT2D eigenvalue weighted by Gasteiger charge is -2.22. The van der Waals surface area contributed by atoms with Gasteiger partial charge >= 0.3 is 0 Å². The Kier molecular flexibility index (Phi) is 6.94. The fourth-order valence-electron chi connectivity index (χ4n) is 9.68. The molecule has 58 heavy (non-hydrogen) atoms. The lowest BCUT2D eigenvalue weighted by Crippen LogP contribution is -2.15. The Morgan fingerprint density at radius 1 is 0.362 bits per heavy atom. The van der Waals surface area contributed by atoms with Crippen molar-refractivity contribution in [1.29, 1.82) is 0 Å². The Balaban J connectivity index is 1.24. The zero-order valence-electron chi connectivity index (χ0n) is 32.1. The highest BCUT2D eigenvalue weighted by Crippen LogP contribution is 2.51. The second-order valence-electron chi connectivity index (χ2n) is 16.0. The summed E-state index contributed by atoms with van der Waals surface area (Å²) in [7, 11) is 0. The standard InChI is InChI=1S/C54H36N4/c1-54(2)45-27-15-13-24-39(45)42-31-43-40-25-14-16-28-47(40)58(48(43)32-46(42)54)49-30-35(29-44-38-23-10-9-21-36(38)37-22-11-12-26-41(37)50(44)49)53-56-51(33-17-5-3-6-18-33)55-52(57-53)34-19-7-4-8-20-34/h3-32H,1-2H3. The Morgan fingerprint density at radius 3 is 1.55 bits per heavy atom. The van der Waals surface area contributed by atoms with E-state index >= 15 is 0 Å². The average molecular weight is 741 g/mol. The molecule has 0 bridgehead atoms. The van der Waals surface area contributed by atoms with Gasteiger partial charge in [-0.15, -0.1) is 0 Å². The molecule has 12 rings (SSSR count). The first-order valence-electron chi connectivity index (χ1n) is 20.0. The van der Waals surface area contributed by atoms with E-state index in [1.54, 1.807) is 0 Å². The van der Waals surface area contributed by atoms with Crippen LogP contribution in [-0.4, -0.2) is 19.5 Å². The van der Waals surface area contributed by atoms with Crippen LogP contribution in [0.1, 0.15) is 25.0 Å². The lowest BCUT2D eigenvalue weighted by atomic mass is 9.82. The van der Waals surface area contributed by atoms with Crippen LogP contribution in [0.5, 0.6) is 0 Å². The minimum absolute atomic E-state index is 0.152. The zero-order chi connectivity index (χ0) is 38.5. The smallest absolute Gasteiger partial charge is 0.164 e. The maximum absolute atomic E-state index is 5.25. The van der Waals surface area contributed by atoms with Crippen LogP contribution in [0.2, 0.25) is 0 Å². The second kappa shape index (κ2) is 12.3. The molecule has 9 aromatic carbocycles. The number of fused-ring (bicyclic) bond motifs is 12. The van der Waals surface area contributed by atoms with Crippen molar-refractivity contribution in [2.75, 3.05) is 0 Å². The summed E-state index contributed by atoms with van der Waals surface area (Å²) < 4.78 is 2.51. The molecule has 0 saturated heterocycles. The average Bonchev–Trinajstić information content (AvgIpc) is 3.73. The summed E-state index contributed by atoms with van der Waals surface area (Å²) in [6.07, 6.45) is 0. The Hall–Kier alpha value is -7.43. The molecule has 0 atom stereocenters. The first-order chi connectivity index (χ1) is 28.5. The van der Waals surface area contributed by atoms with Gasteiger partial charge in [-0.3, -0.25) is 0 Å². The van der Waals surface area contributed by atoms with Gasteiger partial charge in [-0.05, 0) is 79.5 Å². The van der Waals surface area contributed by atoms with Crippen molar-refractivity contribution in [2.45, 2.75) is 19.3 Å². The zero-order valence-corrected chi connectivity index (χ0v) is 32.1. The van der Waals surface area contributed by atoms with Crippen LogP contribution in [0.3, 0.4) is 0 Å². The Labute approximate surface area is 335 Å². The van der Waals surface area contributed by atoms with Crippen LogP contribution in [-0.2, 0) is 5.41 Å². The molecular weight excluding hydrogens is 705 g/mol. The molecule has 4 heteroatoms. The Bertz CT molecular complexity index is 3410. The topological polar surface area (TPSA) is 43.6 Å². The van der Waals surface area contributed by atoms with Gasteiger partial charge in [0.15, 0.2) is 17.5 Å². The predicted octanol–water partition coefficient (Wildman–Crippen LogP) is 13.7. The van der Waals surface area contributed by atoms with Crippen LogP contribution in [0.4, 0.5) is 0 Å². The van der Waals surface area contributed by atoms with Crippen LogP contribution >= 0.6 is 0 Å². The van der Waals surface area contributed by atoms with Crippen molar-refractivity contribution in [2.24, 2.45) is 0 Å². The van der Waals surface area contributed by atoms with Gasteiger partial charge in [-0.1, -0.05) is 166 Å². The summed E-state index contributed by atoms with van der Waals surface area (Å²) in [5.74, 6) is 1.92. The summed E-state index contributed by atoms with van der Waals surface area (Å²) in [6.45, 7) is 4.73. The highest BCUT2D eigenvalue weighted by atomic mass is 15.0. The number of nitrogens with zero attached hydrogens (tertiary/aromatic N) is 4. The maximum Gasteiger partial charge on any atom is 0.164 e. The van der Waals surface area contributed by atoms with Crippen LogP contribution in [0, 0.1) is 0 Å². The normalized spacial score (nSPS) is 13.1. The monoisotopic (exact) mass is 740 g/mol. The molecule has 0 saturated carbocycles. The van der Waals surface area contributed by atoms with Gasteiger partial charge in [0.2, 0.25) is 0 Å². The molecule has 1 aliphatic carbocycles. The first-order valence-corrected chi connectivity index (χ1v) is 20.0. The minimum Gasteiger partial charge on any atom is -0.309 e. The fraction of sp³-hybridized carbons (Fsp3) is 0.0556. The summed E-state index contributed by atoms with van der Waals surface area (Å²) in [6, 6.07) is 65.4. The molecule has 2 aromatic heterocycles. The van der Waals surface area contributed by atoms with Crippen molar-refractivity contribution >= 4 is 54.1 Å². The van der Waals surface area contributed by atoms with E-state index in [4.69, 9.17) is 15.0 Å². The number of hydrogen-bond donors (Lipinski definition) is 0. The van der Waals surface area contributed by atoms with Gasteiger partial charge < -0.3 is 4.57 Å². The van der Waals surface area contributed by atoms with Gasteiger partial charge in [0, 0.05) is 38.3 Å². The van der Waals surface area contributed by atoms with E-state index < -0.39 is 0 Å². The molecule has 0 fully saturated rings. The molecular formula is C54H36N4. The van der Waals surface area contributed by atoms with Gasteiger partial charge in [0.05, 0.1) is 16.7 Å². The highest BCUT2D eigenvalue weighted by Gasteiger charge is 2.36. The predicted molar refractivity (Wildman–Crippen MR) is 241 cm³/mol. The highest BCUT2D eigenvalue weighted by molar-refractivity contribution is 6.28. The molecule has 1 aliphatic rings. The molecule has 0 amide bonds. The number of para-hydroxylation sites is 1. The van der Waals surface area contributed by atoms with Crippen LogP contribution in [0.15, 0.2) is 182 Å². The van der Waals surface area contributed by atoms with Gasteiger partial charge in [-0.2, -0.15) is 0 Å². The number of benzene rings is 9. The van der Waals surface area contributed by atoms with Gasteiger partial charge in [0.1, 0.15) is 0 Å². The van der Waals surface area contributed by atoms with E-state index in [1.807, 2.05) is 36.4 Å². The molecule has 0 radical (unpaired) electrons. The van der Waals surface area contributed by atoms with E-state index in [0.717, 1.165) is 33.3 Å². The lowest BCUT2D eigenvalue weighted by molar-refractivity contribution is 0.661. The van der Waals surface area contributed by atoms with Gasteiger partial charge in [0.25, 0.3) is 0 Å². The third-order valence-electron chi connectivity index (χ3n) is 12.4. The van der Waals surface area contributed by atoms with E-state index in [2.05, 4.69) is 164 Å². The molecule has 2 heterocycles. The quantitative estimate of drug-likeness (QED) is 0.169. The summed E-state index contributed by atoms with van der Waals surface area (Å²) in [5, 5.41) is 9.68. The van der Waals surface area contributed by atoms with Crippen molar-refractivity contribution in [3.63, 3.8) is 0 Å².